The lowest BCUT2D eigenvalue weighted by Gasteiger charge is -2.27. The topological polar surface area (TPSA) is 163 Å². The SMILES string of the molecule is CC(C)(C)OC(=O)N[C@@H](c1ccc([N+](=O)[O-])cc1)[C@@H](N=C(c1ccccc1)c1ccccc1NC(=O)[C@H]1CCCN1Cc1ccccc1)C(=O)O. The first kappa shape index (κ1) is 36.4. The molecular formula is C39H41N5O7. The molecule has 0 aromatic heterocycles. The molecule has 264 valence electrons. The third-order valence-electron chi connectivity index (χ3n) is 8.35. The summed E-state index contributed by atoms with van der Waals surface area (Å²) < 4.78 is 5.46. The van der Waals surface area contributed by atoms with Crippen molar-refractivity contribution in [3.63, 3.8) is 0 Å². The number of nitrogens with one attached hydrogen (secondary N) is 2. The van der Waals surface area contributed by atoms with Crippen LogP contribution in [-0.4, -0.2) is 62.8 Å². The van der Waals surface area contributed by atoms with Gasteiger partial charge in [-0.25, -0.2) is 9.59 Å². The van der Waals surface area contributed by atoms with E-state index in [1.807, 2.05) is 36.4 Å². The molecule has 5 rings (SSSR count). The molecule has 1 aliphatic heterocycles. The average molecular weight is 692 g/mol. The van der Waals surface area contributed by atoms with E-state index in [1.165, 1.54) is 24.3 Å². The molecule has 12 heteroatoms. The van der Waals surface area contributed by atoms with Gasteiger partial charge in [0.05, 0.1) is 28.4 Å². The second-order valence-electron chi connectivity index (χ2n) is 13.2. The van der Waals surface area contributed by atoms with Crippen LogP contribution in [0.4, 0.5) is 16.2 Å². The lowest BCUT2D eigenvalue weighted by molar-refractivity contribution is -0.384. The summed E-state index contributed by atoms with van der Waals surface area (Å²) in [5.41, 5.74) is 2.00. The number of hydrogen-bond acceptors (Lipinski definition) is 8. The molecule has 12 nitrogen and oxygen atoms in total. The highest BCUT2D eigenvalue weighted by molar-refractivity contribution is 6.17. The van der Waals surface area contributed by atoms with Crippen LogP contribution in [0.15, 0.2) is 114 Å². The van der Waals surface area contributed by atoms with Gasteiger partial charge in [0.15, 0.2) is 6.04 Å². The van der Waals surface area contributed by atoms with Crippen molar-refractivity contribution in [3.8, 4) is 0 Å². The lowest BCUT2D eigenvalue weighted by atomic mass is 9.96. The van der Waals surface area contributed by atoms with Gasteiger partial charge in [0.2, 0.25) is 5.91 Å². The first-order chi connectivity index (χ1) is 24.4. The Kier molecular flexibility index (Phi) is 11.6. The highest BCUT2D eigenvalue weighted by Gasteiger charge is 2.35. The monoisotopic (exact) mass is 691 g/mol. The lowest BCUT2D eigenvalue weighted by Crippen LogP contribution is -2.42. The minimum absolute atomic E-state index is 0.187. The molecule has 1 saturated heterocycles. The Labute approximate surface area is 296 Å². The van der Waals surface area contributed by atoms with Crippen molar-refractivity contribution in [1.82, 2.24) is 10.2 Å². The second-order valence-corrected chi connectivity index (χ2v) is 13.2. The van der Waals surface area contributed by atoms with E-state index in [2.05, 4.69) is 15.5 Å². The summed E-state index contributed by atoms with van der Waals surface area (Å²) in [6, 6.07) is 27.9. The zero-order chi connectivity index (χ0) is 36.5. The molecule has 3 atom stereocenters. The number of anilines is 1. The summed E-state index contributed by atoms with van der Waals surface area (Å²) >= 11 is 0. The van der Waals surface area contributed by atoms with Crippen molar-refractivity contribution >= 4 is 35.1 Å². The van der Waals surface area contributed by atoms with Crippen molar-refractivity contribution in [3.05, 3.63) is 142 Å². The normalized spacial score (nSPS) is 16.1. The Morgan fingerprint density at radius 1 is 0.941 bits per heavy atom. The predicted octanol–water partition coefficient (Wildman–Crippen LogP) is 6.75. The molecule has 1 aliphatic rings. The van der Waals surface area contributed by atoms with Crippen LogP contribution in [0, 0.1) is 10.1 Å². The van der Waals surface area contributed by atoms with Crippen LogP contribution < -0.4 is 10.6 Å². The summed E-state index contributed by atoms with van der Waals surface area (Å²) in [4.78, 5) is 57.8. The van der Waals surface area contributed by atoms with Crippen LogP contribution in [0.25, 0.3) is 0 Å². The van der Waals surface area contributed by atoms with Crippen molar-refractivity contribution in [2.45, 2.75) is 63.9 Å². The molecule has 0 unspecified atom stereocenters. The summed E-state index contributed by atoms with van der Waals surface area (Å²) in [6.45, 7) is 6.43. The number of carbonyl (C=O) groups is 3. The number of carboxylic acids is 1. The van der Waals surface area contributed by atoms with E-state index in [0.717, 1.165) is 18.5 Å². The quantitative estimate of drug-likeness (QED) is 0.0834. The molecule has 0 aliphatic carbocycles. The number of ether oxygens (including phenoxy) is 1. The third kappa shape index (κ3) is 9.64. The maximum Gasteiger partial charge on any atom is 0.408 e. The average Bonchev–Trinajstić information content (AvgIpc) is 3.56. The maximum atomic E-state index is 13.9. The number of nitrogens with zero attached hydrogens (tertiary/aromatic N) is 3. The number of non-ortho nitro benzene ring substituents is 1. The number of rotatable bonds is 12. The van der Waals surface area contributed by atoms with Crippen LogP contribution in [0.5, 0.6) is 0 Å². The number of carboxylic acid groups (broad SMARTS) is 1. The molecule has 0 saturated carbocycles. The van der Waals surface area contributed by atoms with E-state index in [9.17, 15) is 29.6 Å². The summed E-state index contributed by atoms with van der Waals surface area (Å²) in [5.74, 6) is -1.56. The molecule has 3 N–H and O–H groups in total. The van der Waals surface area contributed by atoms with Gasteiger partial charge < -0.3 is 20.5 Å². The van der Waals surface area contributed by atoms with E-state index in [4.69, 9.17) is 9.73 Å². The molecule has 0 bridgehead atoms. The second kappa shape index (κ2) is 16.2. The van der Waals surface area contributed by atoms with Gasteiger partial charge in [0.1, 0.15) is 5.60 Å². The third-order valence-corrected chi connectivity index (χ3v) is 8.35. The van der Waals surface area contributed by atoms with Gasteiger partial charge >= 0.3 is 12.1 Å². The Morgan fingerprint density at radius 2 is 1.57 bits per heavy atom. The Morgan fingerprint density at radius 3 is 2.20 bits per heavy atom. The van der Waals surface area contributed by atoms with Crippen LogP contribution in [-0.2, 0) is 20.9 Å². The predicted molar refractivity (Wildman–Crippen MR) is 194 cm³/mol. The van der Waals surface area contributed by atoms with Crippen molar-refractivity contribution in [1.29, 1.82) is 0 Å². The Hall–Kier alpha value is -5.88. The van der Waals surface area contributed by atoms with Crippen LogP contribution >= 0.6 is 0 Å². The minimum Gasteiger partial charge on any atom is -0.480 e. The molecule has 4 aromatic carbocycles. The number of alkyl carbamates (subject to hydrolysis) is 1. The number of benzene rings is 4. The van der Waals surface area contributed by atoms with Crippen molar-refractivity contribution in [2.75, 3.05) is 11.9 Å². The fourth-order valence-corrected chi connectivity index (χ4v) is 6.03. The fourth-order valence-electron chi connectivity index (χ4n) is 6.03. The number of aliphatic imine (C=N–C) groups is 1. The molecule has 0 spiro atoms. The number of hydrogen-bond donors (Lipinski definition) is 3. The highest BCUT2D eigenvalue weighted by Crippen LogP contribution is 2.28. The summed E-state index contributed by atoms with van der Waals surface area (Å²) in [5, 5.41) is 27.8. The number of nitro groups is 1. The number of aliphatic carboxylic acids is 1. The highest BCUT2D eigenvalue weighted by atomic mass is 16.6. The molecule has 1 fully saturated rings. The van der Waals surface area contributed by atoms with Crippen molar-refractivity contribution in [2.24, 2.45) is 4.99 Å². The number of para-hydroxylation sites is 1. The van der Waals surface area contributed by atoms with E-state index in [0.29, 0.717) is 29.8 Å². The van der Waals surface area contributed by atoms with E-state index in [1.54, 1.807) is 69.3 Å². The molecule has 2 amide bonds. The van der Waals surface area contributed by atoms with Gasteiger partial charge in [0.25, 0.3) is 5.69 Å². The number of likely N-dealkylation sites (tertiary alicyclic amines) is 1. The fraction of sp³-hybridized carbons (Fsp3) is 0.282. The van der Waals surface area contributed by atoms with Gasteiger partial charge in [-0.05, 0) is 57.4 Å². The molecule has 1 heterocycles. The van der Waals surface area contributed by atoms with E-state index in [-0.39, 0.29) is 28.9 Å². The molecule has 51 heavy (non-hydrogen) atoms. The Balaban J connectivity index is 1.55. The first-order valence-corrected chi connectivity index (χ1v) is 16.7. The molecule has 4 aromatic rings. The first-order valence-electron chi connectivity index (χ1n) is 16.7. The van der Waals surface area contributed by atoms with Gasteiger partial charge in [-0.1, -0.05) is 91.0 Å². The summed E-state index contributed by atoms with van der Waals surface area (Å²) in [6.07, 6.45) is 0.672. The van der Waals surface area contributed by atoms with Crippen LogP contribution in [0.2, 0.25) is 0 Å². The van der Waals surface area contributed by atoms with Crippen LogP contribution in [0.3, 0.4) is 0 Å². The number of carbonyl (C=O) groups excluding carboxylic acids is 2. The van der Waals surface area contributed by atoms with Gasteiger partial charge in [-0.3, -0.25) is 24.8 Å². The largest absolute Gasteiger partial charge is 0.480 e. The van der Waals surface area contributed by atoms with Crippen molar-refractivity contribution < 1.29 is 29.2 Å². The Bertz CT molecular complexity index is 1880. The zero-order valence-electron chi connectivity index (χ0n) is 28.7. The van der Waals surface area contributed by atoms with Gasteiger partial charge in [-0.15, -0.1) is 0 Å². The van der Waals surface area contributed by atoms with E-state index < -0.39 is 34.7 Å². The number of nitro benzene ring substituents is 1. The smallest absolute Gasteiger partial charge is 0.408 e. The number of amides is 2. The van der Waals surface area contributed by atoms with Gasteiger partial charge in [0, 0.05) is 29.8 Å². The zero-order valence-corrected chi connectivity index (χ0v) is 28.7. The molecular weight excluding hydrogens is 650 g/mol. The molecule has 0 radical (unpaired) electrons. The van der Waals surface area contributed by atoms with Crippen LogP contribution in [0.1, 0.15) is 61.9 Å². The minimum atomic E-state index is -1.63. The maximum absolute atomic E-state index is 13.9. The standard InChI is InChI=1S/C39H41N5O7/c1-39(2,3)51-38(48)42-34(28-20-22-29(23-21-28)44(49)50)35(37(46)47)41-33(27-15-8-5-9-16-27)30-17-10-11-18-31(30)40-36(45)32-19-12-24-43(32)25-26-13-6-4-7-14-26/h4-11,13-18,20-23,32,34-35H,12,19,24-25H2,1-3H3,(H,40,45)(H,42,48)(H,46,47)/t32-,34+,35-/m1/s1. The summed E-state index contributed by atoms with van der Waals surface area (Å²) in [7, 11) is 0. The van der Waals surface area contributed by atoms with E-state index >= 15 is 0 Å². The van der Waals surface area contributed by atoms with Gasteiger partial charge in [-0.2, -0.15) is 0 Å².